The van der Waals surface area contributed by atoms with Crippen LogP contribution in [-0.2, 0) is 6.67 Å². The average molecular weight is 235 g/mol. The molecule has 2 N–H and O–H groups in total. The fraction of sp³-hybridized carbons (Fsp3) is 0.250. The first-order valence-corrected chi connectivity index (χ1v) is 3.88. The Kier molecular flexibility index (Phi) is 3.17. The van der Waals surface area contributed by atoms with Crippen molar-refractivity contribution < 1.29 is 22.3 Å². The summed E-state index contributed by atoms with van der Waals surface area (Å²) in [4.78, 5) is 3.30. The first kappa shape index (κ1) is 12.0. The average Bonchev–Trinajstić information content (AvgIpc) is 2.18. The molecule has 0 fully saturated rings. The summed E-state index contributed by atoms with van der Waals surface area (Å²) in [6, 6.07) is 2.21. The van der Waals surface area contributed by atoms with Gasteiger partial charge in [-0.05, 0) is 6.07 Å². The molecule has 0 spiro atoms. The lowest BCUT2D eigenvalue weighted by Gasteiger charge is -2.11. The highest BCUT2D eigenvalue weighted by atomic mass is 19.4. The van der Waals surface area contributed by atoms with Gasteiger partial charge in [0.2, 0.25) is 0 Å². The number of alkyl halides is 4. The summed E-state index contributed by atoms with van der Waals surface area (Å²) in [7, 11) is 0. The summed E-state index contributed by atoms with van der Waals surface area (Å²) >= 11 is 0. The molecule has 0 unspecified atom stereocenters. The third kappa shape index (κ3) is 2.73. The van der Waals surface area contributed by atoms with Crippen molar-refractivity contribution in [1.29, 1.82) is 5.26 Å². The zero-order valence-corrected chi connectivity index (χ0v) is 7.68. The molecule has 0 aliphatic heterocycles. The summed E-state index contributed by atoms with van der Waals surface area (Å²) in [6.45, 7) is -1.13. The Morgan fingerprint density at radius 1 is 1.50 bits per heavy atom. The molecule has 0 bridgehead atoms. The first-order valence-electron chi connectivity index (χ1n) is 3.88. The molecule has 4 nitrogen and oxygen atoms in total. The first-order chi connectivity index (χ1) is 7.37. The number of rotatable bonds is 2. The molecule has 0 saturated carbocycles. The molecule has 1 aromatic rings. The summed E-state index contributed by atoms with van der Waals surface area (Å²) in [6.07, 6.45) is -4.95. The number of ether oxygens (including phenoxy) is 1. The molecule has 0 saturated heterocycles. The number of halogens is 4. The molecular weight excluding hydrogens is 230 g/mol. The fourth-order valence-electron chi connectivity index (χ4n) is 0.953. The summed E-state index contributed by atoms with van der Waals surface area (Å²) in [5, 5.41) is 8.50. The standard InChI is InChI=1S/C8H5F4N3O/c9-2-4-1-6(16-8(10,11)12)7(14)15-5(4)3-13/h1H,2H2,(H2,14,15). The van der Waals surface area contributed by atoms with E-state index in [0.29, 0.717) is 6.07 Å². The van der Waals surface area contributed by atoms with E-state index in [2.05, 4.69) is 9.72 Å². The number of nitriles is 1. The number of hydrogen-bond donors (Lipinski definition) is 1. The van der Waals surface area contributed by atoms with Gasteiger partial charge in [-0.1, -0.05) is 0 Å². The quantitative estimate of drug-likeness (QED) is 0.794. The third-order valence-electron chi connectivity index (χ3n) is 1.57. The lowest BCUT2D eigenvalue weighted by molar-refractivity contribution is -0.274. The van der Waals surface area contributed by atoms with E-state index in [9.17, 15) is 17.6 Å². The van der Waals surface area contributed by atoms with Crippen LogP contribution in [0.5, 0.6) is 5.75 Å². The van der Waals surface area contributed by atoms with Crippen LogP contribution in [0.2, 0.25) is 0 Å². The third-order valence-corrected chi connectivity index (χ3v) is 1.57. The molecule has 0 aliphatic rings. The molecule has 0 aromatic carbocycles. The number of aromatic nitrogens is 1. The minimum atomic E-state index is -4.95. The van der Waals surface area contributed by atoms with Crippen LogP contribution in [0.4, 0.5) is 23.4 Å². The molecule has 1 aromatic heterocycles. The van der Waals surface area contributed by atoms with Crippen LogP contribution in [0.25, 0.3) is 0 Å². The molecule has 0 atom stereocenters. The van der Waals surface area contributed by atoms with Crippen molar-refractivity contribution >= 4 is 5.82 Å². The van der Waals surface area contributed by atoms with Crippen molar-refractivity contribution in [3.8, 4) is 11.8 Å². The van der Waals surface area contributed by atoms with E-state index in [1.807, 2.05) is 0 Å². The number of hydrogen-bond acceptors (Lipinski definition) is 4. The van der Waals surface area contributed by atoms with Crippen molar-refractivity contribution in [2.24, 2.45) is 0 Å². The van der Waals surface area contributed by atoms with Crippen LogP contribution in [0.3, 0.4) is 0 Å². The van der Waals surface area contributed by atoms with Gasteiger partial charge >= 0.3 is 6.36 Å². The Morgan fingerprint density at radius 2 is 2.12 bits per heavy atom. The number of nitrogens with two attached hydrogens (primary N) is 1. The minimum absolute atomic E-state index is 0.309. The van der Waals surface area contributed by atoms with E-state index in [1.54, 1.807) is 0 Å². The van der Waals surface area contributed by atoms with E-state index in [1.165, 1.54) is 6.07 Å². The zero-order chi connectivity index (χ0) is 12.3. The van der Waals surface area contributed by atoms with Crippen LogP contribution in [0.15, 0.2) is 6.07 Å². The van der Waals surface area contributed by atoms with Gasteiger partial charge in [0.1, 0.15) is 18.4 Å². The second-order valence-corrected chi connectivity index (χ2v) is 2.67. The van der Waals surface area contributed by atoms with Gasteiger partial charge in [0.15, 0.2) is 11.6 Å². The Hall–Kier alpha value is -2.04. The number of nitrogen functional groups attached to an aromatic ring is 1. The van der Waals surface area contributed by atoms with Gasteiger partial charge < -0.3 is 10.5 Å². The topological polar surface area (TPSA) is 71.9 Å². The Bertz CT molecular complexity index is 438. The molecular formula is C8H5F4N3O. The molecule has 86 valence electrons. The number of nitrogens with zero attached hydrogens (tertiary/aromatic N) is 2. The summed E-state index contributed by atoms with van der Waals surface area (Å²) < 4.78 is 51.5. The van der Waals surface area contributed by atoms with E-state index < -0.39 is 24.6 Å². The Morgan fingerprint density at radius 3 is 2.56 bits per heavy atom. The highest BCUT2D eigenvalue weighted by Gasteiger charge is 2.32. The van der Waals surface area contributed by atoms with Crippen LogP contribution < -0.4 is 10.5 Å². The van der Waals surface area contributed by atoms with Crippen molar-refractivity contribution in [1.82, 2.24) is 4.98 Å². The second kappa shape index (κ2) is 4.22. The van der Waals surface area contributed by atoms with Crippen molar-refractivity contribution in [2.75, 3.05) is 5.73 Å². The van der Waals surface area contributed by atoms with Gasteiger partial charge in [-0.25, -0.2) is 9.37 Å². The van der Waals surface area contributed by atoms with Crippen molar-refractivity contribution in [2.45, 2.75) is 13.0 Å². The summed E-state index contributed by atoms with van der Waals surface area (Å²) in [5.41, 5.74) is 4.44. The second-order valence-electron chi connectivity index (χ2n) is 2.67. The maximum absolute atomic E-state index is 12.3. The number of pyridine rings is 1. The van der Waals surface area contributed by atoms with Gasteiger partial charge in [0.05, 0.1) is 0 Å². The highest BCUT2D eigenvalue weighted by Crippen LogP contribution is 2.29. The van der Waals surface area contributed by atoms with Gasteiger partial charge in [-0.3, -0.25) is 0 Å². The lowest BCUT2D eigenvalue weighted by atomic mass is 10.2. The molecule has 8 heteroatoms. The molecule has 1 rings (SSSR count). The Labute approximate surface area is 87.3 Å². The van der Waals surface area contributed by atoms with Gasteiger partial charge in [-0.15, -0.1) is 13.2 Å². The van der Waals surface area contributed by atoms with E-state index in [4.69, 9.17) is 11.0 Å². The van der Waals surface area contributed by atoms with E-state index in [0.717, 1.165) is 0 Å². The fourth-order valence-corrected chi connectivity index (χ4v) is 0.953. The van der Waals surface area contributed by atoms with Gasteiger partial charge in [-0.2, -0.15) is 5.26 Å². The smallest absolute Gasteiger partial charge is 0.402 e. The van der Waals surface area contributed by atoms with Crippen molar-refractivity contribution in [3.63, 3.8) is 0 Å². The van der Waals surface area contributed by atoms with E-state index >= 15 is 0 Å². The summed E-state index contributed by atoms with van der Waals surface area (Å²) in [5.74, 6) is -1.44. The predicted octanol–water partition coefficient (Wildman–Crippen LogP) is 1.90. The maximum Gasteiger partial charge on any atom is 0.573 e. The highest BCUT2D eigenvalue weighted by molar-refractivity contribution is 5.51. The maximum atomic E-state index is 12.3. The molecule has 0 amide bonds. The molecule has 0 aliphatic carbocycles. The predicted molar refractivity (Wildman–Crippen MR) is 44.9 cm³/mol. The normalized spacial score (nSPS) is 10.9. The van der Waals surface area contributed by atoms with Crippen LogP contribution in [0.1, 0.15) is 11.3 Å². The number of anilines is 1. The largest absolute Gasteiger partial charge is 0.573 e. The Balaban J connectivity index is 3.18. The van der Waals surface area contributed by atoms with Gasteiger partial charge in [0, 0.05) is 5.56 Å². The van der Waals surface area contributed by atoms with Crippen molar-refractivity contribution in [3.05, 3.63) is 17.3 Å². The minimum Gasteiger partial charge on any atom is -0.402 e. The van der Waals surface area contributed by atoms with Crippen LogP contribution in [-0.4, -0.2) is 11.3 Å². The van der Waals surface area contributed by atoms with Crippen LogP contribution >= 0.6 is 0 Å². The SMILES string of the molecule is N#Cc1nc(N)c(OC(F)(F)F)cc1CF. The lowest BCUT2D eigenvalue weighted by Crippen LogP contribution is -2.18. The van der Waals surface area contributed by atoms with Crippen LogP contribution in [0, 0.1) is 11.3 Å². The van der Waals surface area contributed by atoms with Gasteiger partial charge in [0.25, 0.3) is 0 Å². The monoisotopic (exact) mass is 235 g/mol. The molecule has 16 heavy (non-hydrogen) atoms. The van der Waals surface area contributed by atoms with E-state index in [-0.39, 0.29) is 11.3 Å². The zero-order valence-electron chi connectivity index (χ0n) is 7.68. The molecule has 0 radical (unpaired) electrons. The molecule has 1 heterocycles.